The van der Waals surface area contributed by atoms with Gasteiger partial charge in [-0.25, -0.2) is 4.68 Å². The molecule has 0 unspecified atom stereocenters. The Morgan fingerprint density at radius 1 is 1.04 bits per heavy atom. The molecule has 0 aliphatic carbocycles. The van der Waals surface area contributed by atoms with E-state index in [4.69, 9.17) is 0 Å². The predicted molar refractivity (Wildman–Crippen MR) is 112 cm³/mol. The molecule has 1 N–H and O–H groups in total. The van der Waals surface area contributed by atoms with Crippen molar-refractivity contribution in [2.75, 3.05) is 42.5 Å². The highest BCUT2D eigenvalue weighted by molar-refractivity contribution is 5.75. The van der Waals surface area contributed by atoms with Crippen molar-refractivity contribution in [3.05, 3.63) is 52.8 Å². The van der Waals surface area contributed by atoms with Crippen molar-refractivity contribution in [1.82, 2.24) is 15.1 Å². The van der Waals surface area contributed by atoms with Gasteiger partial charge in [-0.3, -0.25) is 9.59 Å². The largest absolute Gasteiger partial charge is 0.368 e. The molecule has 2 heterocycles. The normalized spacial score (nSPS) is 14.4. The minimum absolute atomic E-state index is 0.0469. The first kappa shape index (κ1) is 19.9. The van der Waals surface area contributed by atoms with Gasteiger partial charge in [0.15, 0.2) is 0 Å². The van der Waals surface area contributed by atoms with Gasteiger partial charge in [0.25, 0.3) is 5.56 Å². The molecule has 3 rings (SSSR count). The molecule has 1 aliphatic heterocycles. The number of piperazine rings is 1. The molecule has 1 aliphatic rings. The van der Waals surface area contributed by atoms with Crippen molar-refractivity contribution < 1.29 is 4.79 Å². The number of rotatable bonds is 7. The highest BCUT2D eigenvalue weighted by atomic mass is 16.2. The fourth-order valence-electron chi connectivity index (χ4n) is 3.24. The second kappa shape index (κ2) is 9.39. The quantitative estimate of drug-likeness (QED) is 0.789. The average Bonchev–Trinajstić information content (AvgIpc) is 2.70. The van der Waals surface area contributed by atoms with Gasteiger partial charge in [0, 0.05) is 44.5 Å². The zero-order valence-electron chi connectivity index (χ0n) is 16.7. The Labute approximate surface area is 166 Å². The van der Waals surface area contributed by atoms with Crippen molar-refractivity contribution in [3.8, 4) is 0 Å². The summed E-state index contributed by atoms with van der Waals surface area (Å²) in [6, 6.07) is 13.6. The third kappa shape index (κ3) is 5.34. The molecule has 150 valence electrons. The average molecular weight is 383 g/mol. The number of nitrogens with one attached hydrogen (secondary N) is 1. The van der Waals surface area contributed by atoms with Crippen molar-refractivity contribution in [2.45, 2.75) is 26.8 Å². The molecule has 0 spiro atoms. The molecule has 0 atom stereocenters. The molecule has 1 amide bonds. The SMILES string of the molecule is CC(C)CCNC(=O)Cn1nc(N2CCN(c3ccccc3)CC2)ccc1=O. The van der Waals surface area contributed by atoms with Gasteiger partial charge in [-0.15, -0.1) is 0 Å². The Hall–Kier alpha value is -2.83. The molecule has 1 saturated heterocycles. The Bertz CT molecular complexity index is 826. The van der Waals surface area contributed by atoms with E-state index >= 15 is 0 Å². The van der Waals surface area contributed by atoms with Gasteiger partial charge in [0.2, 0.25) is 5.91 Å². The smallest absolute Gasteiger partial charge is 0.267 e. The van der Waals surface area contributed by atoms with Crippen LogP contribution in [0.4, 0.5) is 11.5 Å². The molecule has 0 bridgehead atoms. The molecule has 0 saturated carbocycles. The van der Waals surface area contributed by atoms with Crippen LogP contribution in [0, 0.1) is 5.92 Å². The van der Waals surface area contributed by atoms with Crippen LogP contribution in [-0.2, 0) is 11.3 Å². The lowest BCUT2D eigenvalue weighted by molar-refractivity contribution is -0.121. The summed E-state index contributed by atoms with van der Waals surface area (Å²) >= 11 is 0. The first-order valence-corrected chi connectivity index (χ1v) is 9.93. The molecule has 2 aromatic rings. The zero-order valence-corrected chi connectivity index (χ0v) is 16.7. The molecular weight excluding hydrogens is 354 g/mol. The summed E-state index contributed by atoms with van der Waals surface area (Å²) < 4.78 is 1.25. The summed E-state index contributed by atoms with van der Waals surface area (Å²) in [5.74, 6) is 1.09. The number of hydrogen-bond acceptors (Lipinski definition) is 5. The van der Waals surface area contributed by atoms with Crippen molar-refractivity contribution in [3.63, 3.8) is 0 Å². The van der Waals surface area contributed by atoms with Crippen LogP contribution in [0.5, 0.6) is 0 Å². The first-order chi connectivity index (χ1) is 13.5. The molecular formula is C21H29N5O2. The minimum atomic E-state index is -0.259. The Morgan fingerprint density at radius 3 is 2.39 bits per heavy atom. The van der Waals surface area contributed by atoms with E-state index < -0.39 is 0 Å². The standard InChI is InChI=1S/C21H29N5O2/c1-17(2)10-11-22-20(27)16-26-21(28)9-8-19(23-26)25-14-12-24(13-15-25)18-6-4-3-5-7-18/h3-9,17H,10-16H2,1-2H3,(H,22,27). The number of aromatic nitrogens is 2. The fourth-order valence-corrected chi connectivity index (χ4v) is 3.24. The van der Waals surface area contributed by atoms with Gasteiger partial charge >= 0.3 is 0 Å². The van der Waals surface area contributed by atoms with Gasteiger partial charge in [-0.1, -0.05) is 32.0 Å². The van der Waals surface area contributed by atoms with E-state index in [1.807, 2.05) is 18.2 Å². The Morgan fingerprint density at radius 2 is 1.71 bits per heavy atom. The van der Waals surface area contributed by atoms with E-state index in [0.29, 0.717) is 12.5 Å². The molecule has 7 nitrogen and oxygen atoms in total. The van der Waals surface area contributed by atoms with Crippen LogP contribution in [0.3, 0.4) is 0 Å². The molecule has 0 radical (unpaired) electrons. The molecule has 1 aromatic heterocycles. The summed E-state index contributed by atoms with van der Waals surface area (Å²) in [6.45, 7) is 8.21. The number of amides is 1. The fraction of sp³-hybridized carbons (Fsp3) is 0.476. The minimum Gasteiger partial charge on any atom is -0.368 e. The summed E-state index contributed by atoms with van der Waals surface area (Å²) in [7, 11) is 0. The van der Waals surface area contributed by atoms with Crippen molar-refractivity contribution in [1.29, 1.82) is 0 Å². The second-order valence-electron chi connectivity index (χ2n) is 7.53. The number of para-hydroxylation sites is 1. The predicted octanol–water partition coefficient (Wildman–Crippen LogP) is 1.73. The number of carbonyl (C=O) groups excluding carboxylic acids is 1. The van der Waals surface area contributed by atoms with Gasteiger partial charge in [-0.2, -0.15) is 5.10 Å². The van der Waals surface area contributed by atoms with E-state index in [1.54, 1.807) is 6.07 Å². The number of nitrogens with zero attached hydrogens (tertiary/aromatic N) is 4. The Kier molecular flexibility index (Phi) is 6.68. The van der Waals surface area contributed by atoms with E-state index in [9.17, 15) is 9.59 Å². The van der Waals surface area contributed by atoms with E-state index in [1.165, 1.54) is 16.4 Å². The van der Waals surface area contributed by atoms with Crippen LogP contribution in [0.1, 0.15) is 20.3 Å². The monoisotopic (exact) mass is 383 g/mol. The highest BCUT2D eigenvalue weighted by Gasteiger charge is 2.19. The number of carbonyl (C=O) groups is 1. The summed E-state index contributed by atoms with van der Waals surface area (Å²) in [5.41, 5.74) is 0.962. The summed E-state index contributed by atoms with van der Waals surface area (Å²) in [5, 5.41) is 7.28. The van der Waals surface area contributed by atoms with E-state index in [0.717, 1.165) is 38.4 Å². The third-order valence-corrected chi connectivity index (χ3v) is 4.91. The van der Waals surface area contributed by atoms with Crippen molar-refractivity contribution >= 4 is 17.4 Å². The number of anilines is 2. The van der Waals surface area contributed by atoms with Crippen LogP contribution >= 0.6 is 0 Å². The highest BCUT2D eigenvalue weighted by Crippen LogP contribution is 2.18. The number of benzene rings is 1. The maximum Gasteiger partial charge on any atom is 0.267 e. The van der Waals surface area contributed by atoms with Crippen LogP contribution in [-0.4, -0.2) is 48.4 Å². The molecule has 1 fully saturated rings. The van der Waals surface area contributed by atoms with Crippen LogP contribution in [0.25, 0.3) is 0 Å². The lowest BCUT2D eigenvalue weighted by Crippen LogP contribution is -2.47. The maximum atomic E-state index is 12.1. The van der Waals surface area contributed by atoms with E-state index in [-0.39, 0.29) is 18.0 Å². The summed E-state index contributed by atoms with van der Waals surface area (Å²) in [4.78, 5) is 28.7. The number of hydrogen-bond donors (Lipinski definition) is 1. The van der Waals surface area contributed by atoms with Gasteiger partial charge in [0.05, 0.1) is 0 Å². The maximum absolute atomic E-state index is 12.1. The third-order valence-electron chi connectivity index (χ3n) is 4.91. The molecule has 28 heavy (non-hydrogen) atoms. The lowest BCUT2D eigenvalue weighted by Gasteiger charge is -2.36. The second-order valence-corrected chi connectivity index (χ2v) is 7.53. The first-order valence-electron chi connectivity index (χ1n) is 9.93. The summed E-state index contributed by atoms with van der Waals surface area (Å²) in [6.07, 6.45) is 0.916. The molecule has 7 heteroatoms. The topological polar surface area (TPSA) is 70.5 Å². The van der Waals surface area contributed by atoms with E-state index in [2.05, 4.69) is 46.2 Å². The zero-order chi connectivity index (χ0) is 19.9. The van der Waals surface area contributed by atoms with Gasteiger partial charge in [-0.05, 0) is 30.5 Å². The lowest BCUT2D eigenvalue weighted by atomic mass is 10.1. The van der Waals surface area contributed by atoms with Gasteiger partial charge < -0.3 is 15.1 Å². The Balaban J connectivity index is 1.59. The van der Waals surface area contributed by atoms with Crippen LogP contribution in [0.15, 0.2) is 47.3 Å². The molecule has 1 aromatic carbocycles. The van der Waals surface area contributed by atoms with Gasteiger partial charge in [0.1, 0.15) is 12.4 Å². The van der Waals surface area contributed by atoms with Crippen LogP contribution < -0.4 is 20.7 Å². The van der Waals surface area contributed by atoms with Crippen LogP contribution in [0.2, 0.25) is 0 Å². The van der Waals surface area contributed by atoms with Crippen molar-refractivity contribution in [2.24, 2.45) is 5.92 Å².